The molecule has 2 fully saturated rings. The van der Waals surface area contributed by atoms with Crippen LogP contribution in [0, 0.1) is 5.92 Å². The molecule has 14 heavy (non-hydrogen) atoms. The van der Waals surface area contributed by atoms with Crippen LogP contribution in [0.1, 0.15) is 46.0 Å². The summed E-state index contributed by atoms with van der Waals surface area (Å²) in [5.74, 6) is 0.935. The average molecular weight is 197 g/mol. The topological polar surface area (TPSA) is 23.5 Å². The van der Waals surface area contributed by atoms with Gasteiger partial charge in [0.15, 0.2) is 0 Å². The highest BCUT2D eigenvalue weighted by Crippen LogP contribution is 2.33. The Hall–Kier alpha value is -0.0800. The van der Waals surface area contributed by atoms with Crippen molar-refractivity contribution in [2.24, 2.45) is 5.92 Å². The second-order valence-electron chi connectivity index (χ2n) is 5.30. The fourth-order valence-corrected chi connectivity index (χ4v) is 2.64. The molecule has 0 saturated heterocycles. The van der Waals surface area contributed by atoms with Crippen LogP contribution in [0.15, 0.2) is 0 Å². The molecule has 1 N–H and O–H groups in total. The number of aliphatic hydroxyl groups excluding tert-OH is 1. The van der Waals surface area contributed by atoms with Crippen molar-refractivity contribution in [1.82, 2.24) is 4.90 Å². The molecule has 2 nitrogen and oxygen atoms in total. The van der Waals surface area contributed by atoms with Gasteiger partial charge < -0.3 is 5.11 Å². The first kappa shape index (κ1) is 10.4. The van der Waals surface area contributed by atoms with E-state index >= 15 is 0 Å². The smallest absolute Gasteiger partial charge is 0.0695 e. The van der Waals surface area contributed by atoms with Gasteiger partial charge in [0.1, 0.15) is 0 Å². The van der Waals surface area contributed by atoms with Crippen molar-refractivity contribution in [3.63, 3.8) is 0 Å². The minimum absolute atomic E-state index is 0.0591. The molecular formula is C12H23NO. The molecule has 2 heteroatoms. The van der Waals surface area contributed by atoms with E-state index in [0.29, 0.717) is 12.1 Å². The number of hydrogen-bond donors (Lipinski definition) is 1. The van der Waals surface area contributed by atoms with Crippen molar-refractivity contribution in [2.45, 2.75) is 64.1 Å². The summed E-state index contributed by atoms with van der Waals surface area (Å²) in [7, 11) is 0. The molecule has 0 aliphatic heterocycles. The molecule has 82 valence electrons. The third-order valence-electron chi connectivity index (χ3n) is 3.70. The predicted octanol–water partition coefficient (Wildman–Crippen LogP) is 2.02. The zero-order valence-corrected chi connectivity index (χ0v) is 9.45. The number of rotatable bonds is 4. The lowest BCUT2D eigenvalue weighted by atomic mass is 10.1. The summed E-state index contributed by atoms with van der Waals surface area (Å²) in [5.41, 5.74) is 0. The summed E-state index contributed by atoms with van der Waals surface area (Å²) in [6.45, 7) is 5.74. The highest BCUT2D eigenvalue weighted by molar-refractivity contribution is 4.89. The van der Waals surface area contributed by atoms with Crippen LogP contribution in [-0.2, 0) is 0 Å². The van der Waals surface area contributed by atoms with E-state index < -0.39 is 0 Å². The Morgan fingerprint density at radius 1 is 1.21 bits per heavy atom. The summed E-state index contributed by atoms with van der Waals surface area (Å²) in [4.78, 5) is 2.54. The third kappa shape index (κ3) is 2.29. The SMILES string of the molecule is CC(C)N(CC1CC1)[C@@H]1CCC[C@H]1O. The first-order chi connectivity index (χ1) is 6.68. The maximum atomic E-state index is 9.90. The molecule has 2 aliphatic rings. The van der Waals surface area contributed by atoms with Crippen LogP contribution in [0.4, 0.5) is 0 Å². The van der Waals surface area contributed by atoms with E-state index in [9.17, 15) is 5.11 Å². The van der Waals surface area contributed by atoms with Gasteiger partial charge in [-0.25, -0.2) is 0 Å². The highest BCUT2D eigenvalue weighted by Gasteiger charge is 2.35. The van der Waals surface area contributed by atoms with Crippen LogP contribution >= 0.6 is 0 Å². The Labute approximate surface area is 87.3 Å². The molecule has 2 atom stereocenters. The lowest BCUT2D eigenvalue weighted by Crippen LogP contribution is -2.45. The molecule has 0 bridgehead atoms. The van der Waals surface area contributed by atoms with Gasteiger partial charge in [0.2, 0.25) is 0 Å². The number of nitrogens with zero attached hydrogens (tertiary/aromatic N) is 1. The van der Waals surface area contributed by atoms with Gasteiger partial charge >= 0.3 is 0 Å². The highest BCUT2D eigenvalue weighted by atomic mass is 16.3. The van der Waals surface area contributed by atoms with Gasteiger partial charge in [0, 0.05) is 18.6 Å². The van der Waals surface area contributed by atoms with Crippen LogP contribution in [-0.4, -0.2) is 34.7 Å². The van der Waals surface area contributed by atoms with Gasteiger partial charge in [-0.05, 0) is 51.9 Å². The molecule has 0 amide bonds. The van der Waals surface area contributed by atoms with E-state index in [1.807, 2.05) is 0 Å². The summed E-state index contributed by atoms with van der Waals surface area (Å²) >= 11 is 0. The normalized spacial score (nSPS) is 33.2. The molecule has 0 radical (unpaired) electrons. The molecule has 2 rings (SSSR count). The minimum atomic E-state index is -0.0591. The Morgan fingerprint density at radius 2 is 1.93 bits per heavy atom. The van der Waals surface area contributed by atoms with Crippen LogP contribution in [0.5, 0.6) is 0 Å². The molecule has 0 aromatic heterocycles. The maximum absolute atomic E-state index is 9.90. The summed E-state index contributed by atoms with van der Waals surface area (Å²) in [6, 6.07) is 1.05. The first-order valence-electron chi connectivity index (χ1n) is 6.12. The van der Waals surface area contributed by atoms with E-state index in [2.05, 4.69) is 18.7 Å². The minimum Gasteiger partial charge on any atom is -0.391 e. The van der Waals surface area contributed by atoms with Crippen molar-refractivity contribution in [1.29, 1.82) is 0 Å². The largest absolute Gasteiger partial charge is 0.391 e. The van der Waals surface area contributed by atoms with Gasteiger partial charge in [-0.1, -0.05) is 0 Å². The van der Waals surface area contributed by atoms with Crippen molar-refractivity contribution in [3.05, 3.63) is 0 Å². The summed E-state index contributed by atoms with van der Waals surface area (Å²) in [5, 5.41) is 9.90. The second-order valence-corrected chi connectivity index (χ2v) is 5.30. The second kappa shape index (κ2) is 4.19. The van der Waals surface area contributed by atoms with Crippen LogP contribution < -0.4 is 0 Å². The fraction of sp³-hybridized carbons (Fsp3) is 1.00. The van der Waals surface area contributed by atoms with Gasteiger partial charge in [-0.2, -0.15) is 0 Å². The van der Waals surface area contributed by atoms with Crippen LogP contribution in [0.3, 0.4) is 0 Å². The third-order valence-corrected chi connectivity index (χ3v) is 3.70. The van der Waals surface area contributed by atoms with E-state index in [4.69, 9.17) is 0 Å². The van der Waals surface area contributed by atoms with Crippen molar-refractivity contribution < 1.29 is 5.11 Å². The molecular weight excluding hydrogens is 174 g/mol. The molecule has 0 unspecified atom stereocenters. The van der Waals surface area contributed by atoms with E-state index in [0.717, 1.165) is 12.3 Å². The molecule has 0 aromatic carbocycles. The Kier molecular flexibility index (Phi) is 3.13. The molecule has 2 aliphatic carbocycles. The summed E-state index contributed by atoms with van der Waals surface area (Å²) < 4.78 is 0. The van der Waals surface area contributed by atoms with Crippen molar-refractivity contribution in [2.75, 3.05) is 6.54 Å². The Balaban J connectivity index is 1.93. The van der Waals surface area contributed by atoms with Crippen LogP contribution in [0.25, 0.3) is 0 Å². The summed E-state index contributed by atoms with van der Waals surface area (Å²) in [6.07, 6.45) is 6.18. The van der Waals surface area contributed by atoms with E-state index in [1.165, 1.54) is 32.2 Å². The zero-order valence-electron chi connectivity index (χ0n) is 9.45. The lowest BCUT2D eigenvalue weighted by molar-refractivity contribution is 0.0487. The molecule has 0 aromatic rings. The average Bonchev–Trinajstić information content (AvgIpc) is 2.85. The van der Waals surface area contributed by atoms with Gasteiger partial charge in [0.25, 0.3) is 0 Å². The monoisotopic (exact) mass is 197 g/mol. The fourth-order valence-electron chi connectivity index (χ4n) is 2.64. The van der Waals surface area contributed by atoms with Crippen LogP contribution in [0.2, 0.25) is 0 Å². The van der Waals surface area contributed by atoms with Gasteiger partial charge in [-0.3, -0.25) is 4.90 Å². The quantitative estimate of drug-likeness (QED) is 0.745. The number of hydrogen-bond acceptors (Lipinski definition) is 2. The molecule has 2 saturated carbocycles. The van der Waals surface area contributed by atoms with Gasteiger partial charge in [-0.15, -0.1) is 0 Å². The zero-order chi connectivity index (χ0) is 10.1. The Bertz CT molecular complexity index is 189. The van der Waals surface area contributed by atoms with E-state index in [1.54, 1.807) is 0 Å². The van der Waals surface area contributed by atoms with Crippen molar-refractivity contribution >= 4 is 0 Å². The number of aliphatic hydroxyl groups is 1. The van der Waals surface area contributed by atoms with Gasteiger partial charge in [0.05, 0.1) is 6.10 Å². The first-order valence-corrected chi connectivity index (χ1v) is 6.12. The maximum Gasteiger partial charge on any atom is 0.0695 e. The molecule has 0 heterocycles. The molecule has 0 spiro atoms. The Morgan fingerprint density at radius 3 is 2.36 bits per heavy atom. The van der Waals surface area contributed by atoms with E-state index in [-0.39, 0.29) is 6.10 Å². The predicted molar refractivity (Wildman–Crippen MR) is 58.2 cm³/mol. The van der Waals surface area contributed by atoms with Crippen molar-refractivity contribution in [3.8, 4) is 0 Å². The standard InChI is InChI=1S/C12H23NO/c1-9(2)13(8-10-6-7-10)11-4-3-5-12(11)14/h9-12,14H,3-8H2,1-2H3/t11-,12-/m1/s1. The lowest BCUT2D eigenvalue weighted by Gasteiger charge is -2.34.